The van der Waals surface area contributed by atoms with E-state index in [4.69, 9.17) is 5.73 Å². The summed E-state index contributed by atoms with van der Waals surface area (Å²) in [7, 11) is 0. The third kappa shape index (κ3) is 1.66. The number of aromatic nitrogens is 2. The van der Waals surface area contributed by atoms with Crippen LogP contribution in [0.1, 0.15) is 23.3 Å². The first-order chi connectivity index (χ1) is 6.77. The lowest BCUT2D eigenvalue weighted by atomic mass is 10.4. The Morgan fingerprint density at radius 1 is 1.50 bits per heavy atom. The van der Waals surface area contributed by atoms with Gasteiger partial charge in [-0.3, -0.25) is 4.79 Å². The van der Waals surface area contributed by atoms with Crippen LogP contribution in [0.3, 0.4) is 0 Å². The summed E-state index contributed by atoms with van der Waals surface area (Å²) in [5, 5.41) is 0. The highest BCUT2D eigenvalue weighted by Gasteiger charge is 2.15. The molecule has 1 radical (unpaired) electrons. The van der Waals surface area contributed by atoms with Crippen LogP contribution in [0, 0.1) is 6.07 Å². The fourth-order valence-electron chi connectivity index (χ4n) is 1.51. The number of nitrogens with zero attached hydrogens (tertiary/aromatic N) is 3. The first-order valence-electron chi connectivity index (χ1n) is 4.57. The van der Waals surface area contributed by atoms with Gasteiger partial charge in [0.15, 0.2) is 0 Å². The number of hydrogen-bond acceptors (Lipinski definition) is 4. The maximum Gasteiger partial charge on any atom is 0.268 e. The van der Waals surface area contributed by atoms with E-state index in [1.165, 1.54) is 6.20 Å². The first-order valence-corrected chi connectivity index (χ1v) is 4.57. The molecule has 1 fully saturated rings. The maximum atomic E-state index is 10.9. The predicted molar refractivity (Wildman–Crippen MR) is 50.8 cm³/mol. The molecular formula is C9H11N4O. The molecule has 5 heteroatoms. The molecule has 73 valence electrons. The van der Waals surface area contributed by atoms with Gasteiger partial charge >= 0.3 is 0 Å². The molecule has 1 aromatic rings. The Bertz CT molecular complexity index is 346. The van der Waals surface area contributed by atoms with E-state index in [2.05, 4.69) is 16.0 Å². The molecule has 0 unspecified atom stereocenters. The minimum atomic E-state index is -0.562. The molecule has 2 N–H and O–H groups in total. The quantitative estimate of drug-likeness (QED) is 0.712. The highest BCUT2D eigenvalue weighted by molar-refractivity contribution is 5.90. The molecule has 1 aliphatic heterocycles. The van der Waals surface area contributed by atoms with Gasteiger partial charge in [0.25, 0.3) is 5.91 Å². The van der Waals surface area contributed by atoms with Crippen LogP contribution in [-0.2, 0) is 0 Å². The van der Waals surface area contributed by atoms with Crippen LogP contribution in [0.2, 0.25) is 0 Å². The second kappa shape index (κ2) is 3.61. The van der Waals surface area contributed by atoms with E-state index in [-0.39, 0.29) is 5.69 Å². The van der Waals surface area contributed by atoms with E-state index in [1.807, 2.05) is 4.90 Å². The van der Waals surface area contributed by atoms with Gasteiger partial charge in [0.05, 0.1) is 0 Å². The summed E-state index contributed by atoms with van der Waals surface area (Å²) in [6.07, 6.45) is 3.74. The van der Waals surface area contributed by atoms with Gasteiger partial charge in [-0.1, -0.05) is 0 Å². The standard InChI is InChI=1S/C9H11N4O/c10-8(14)7-3-4-11-9(12-7)13-5-1-2-6-13/h4H,1-2,5-6H2,(H2,10,14). The van der Waals surface area contributed by atoms with Crippen LogP contribution in [0.5, 0.6) is 0 Å². The number of primary amides is 1. The number of carbonyl (C=O) groups excluding carboxylic acids is 1. The van der Waals surface area contributed by atoms with Crippen molar-refractivity contribution in [3.05, 3.63) is 18.0 Å². The monoisotopic (exact) mass is 191 g/mol. The largest absolute Gasteiger partial charge is 0.364 e. The molecule has 0 saturated carbocycles. The Hall–Kier alpha value is -1.65. The van der Waals surface area contributed by atoms with Crippen LogP contribution in [0.15, 0.2) is 6.20 Å². The van der Waals surface area contributed by atoms with Crippen molar-refractivity contribution in [2.75, 3.05) is 18.0 Å². The summed E-state index contributed by atoms with van der Waals surface area (Å²) < 4.78 is 0. The Labute approximate surface area is 82.0 Å². The third-order valence-electron chi connectivity index (χ3n) is 2.22. The van der Waals surface area contributed by atoms with Gasteiger partial charge in [-0.25, -0.2) is 9.97 Å². The van der Waals surface area contributed by atoms with Crippen molar-refractivity contribution >= 4 is 11.9 Å². The average Bonchev–Trinajstić information content (AvgIpc) is 2.71. The first kappa shape index (κ1) is 8.93. The van der Waals surface area contributed by atoms with Gasteiger partial charge < -0.3 is 10.6 Å². The Morgan fingerprint density at radius 3 is 2.86 bits per heavy atom. The fraction of sp³-hybridized carbons (Fsp3) is 0.444. The Kier molecular flexibility index (Phi) is 2.30. The summed E-state index contributed by atoms with van der Waals surface area (Å²) >= 11 is 0. The molecular weight excluding hydrogens is 180 g/mol. The van der Waals surface area contributed by atoms with E-state index in [9.17, 15) is 4.79 Å². The number of carbonyl (C=O) groups is 1. The minimum Gasteiger partial charge on any atom is -0.364 e. The molecule has 5 nitrogen and oxygen atoms in total. The smallest absolute Gasteiger partial charge is 0.268 e. The molecule has 1 aromatic heterocycles. The van der Waals surface area contributed by atoms with Crippen LogP contribution >= 0.6 is 0 Å². The highest BCUT2D eigenvalue weighted by atomic mass is 16.1. The normalized spacial score (nSPS) is 15.9. The predicted octanol–water partition coefficient (Wildman–Crippen LogP) is -0.0241. The summed E-state index contributed by atoms with van der Waals surface area (Å²) in [5.41, 5.74) is 5.26. The molecule has 0 aromatic carbocycles. The van der Waals surface area contributed by atoms with Gasteiger partial charge in [0, 0.05) is 25.4 Å². The van der Waals surface area contributed by atoms with E-state index in [0.29, 0.717) is 5.95 Å². The average molecular weight is 191 g/mol. The third-order valence-corrected chi connectivity index (χ3v) is 2.22. The summed E-state index contributed by atoms with van der Waals surface area (Å²) in [6, 6.07) is 2.61. The van der Waals surface area contributed by atoms with Gasteiger partial charge in [-0.15, -0.1) is 0 Å². The summed E-state index contributed by atoms with van der Waals surface area (Å²) in [6.45, 7) is 1.89. The molecule has 0 aliphatic carbocycles. The van der Waals surface area contributed by atoms with E-state index in [0.717, 1.165) is 25.9 Å². The van der Waals surface area contributed by atoms with Crippen LogP contribution in [0.25, 0.3) is 0 Å². The van der Waals surface area contributed by atoms with Crippen LogP contribution in [-0.4, -0.2) is 29.0 Å². The van der Waals surface area contributed by atoms with E-state index >= 15 is 0 Å². The Morgan fingerprint density at radius 2 is 2.21 bits per heavy atom. The highest BCUT2D eigenvalue weighted by Crippen LogP contribution is 2.14. The molecule has 2 heterocycles. The molecule has 1 amide bonds. The van der Waals surface area contributed by atoms with Gasteiger partial charge in [-0.2, -0.15) is 0 Å². The van der Waals surface area contributed by atoms with Crippen molar-refractivity contribution in [3.63, 3.8) is 0 Å². The van der Waals surface area contributed by atoms with E-state index < -0.39 is 5.91 Å². The number of rotatable bonds is 2. The topological polar surface area (TPSA) is 72.1 Å². The summed E-state index contributed by atoms with van der Waals surface area (Å²) in [5.74, 6) is 0.0166. The number of nitrogens with two attached hydrogens (primary N) is 1. The lowest BCUT2D eigenvalue weighted by Gasteiger charge is -2.14. The zero-order valence-corrected chi connectivity index (χ0v) is 7.73. The maximum absolute atomic E-state index is 10.9. The molecule has 0 bridgehead atoms. The zero-order valence-electron chi connectivity index (χ0n) is 7.73. The van der Waals surface area contributed by atoms with E-state index in [1.54, 1.807) is 0 Å². The second-order valence-electron chi connectivity index (χ2n) is 3.22. The number of anilines is 1. The van der Waals surface area contributed by atoms with Gasteiger partial charge in [0.1, 0.15) is 5.69 Å². The molecule has 2 rings (SSSR count). The fourth-order valence-corrected chi connectivity index (χ4v) is 1.51. The number of hydrogen-bond donors (Lipinski definition) is 1. The van der Waals surface area contributed by atoms with Crippen LogP contribution in [0.4, 0.5) is 5.95 Å². The lowest BCUT2D eigenvalue weighted by Crippen LogP contribution is -2.22. The van der Waals surface area contributed by atoms with Gasteiger partial charge in [0.2, 0.25) is 5.95 Å². The molecule has 1 aliphatic rings. The van der Waals surface area contributed by atoms with Crippen molar-refractivity contribution in [2.24, 2.45) is 5.73 Å². The van der Waals surface area contributed by atoms with Crippen molar-refractivity contribution in [2.45, 2.75) is 12.8 Å². The number of amides is 1. The SMILES string of the molecule is NC(=O)c1[c]cnc(N2CCCC2)n1. The van der Waals surface area contributed by atoms with Crippen molar-refractivity contribution in [1.82, 2.24) is 9.97 Å². The lowest BCUT2D eigenvalue weighted by molar-refractivity contribution is 0.0995. The van der Waals surface area contributed by atoms with Crippen molar-refractivity contribution in [3.8, 4) is 0 Å². The van der Waals surface area contributed by atoms with Crippen molar-refractivity contribution in [1.29, 1.82) is 0 Å². The zero-order chi connectivity index (χ0) is 9.97. The minimum absolute atomic E-state index is 0.155. The van der Waals surface area contributed by atoms with Crippen LogP contribution < -0.4 is 10.6 Å². The molecule has 14 heavy (non-hydrogen) atoms. The molecule has 0 atom stereocenters. The second-order valence-corrected chi connectivity index (χ2v) is 3.22. The molecule has 0 spiro atoms. The molecule has 1 saturated heterocycles. The Balaban J connectivity index is 2.25. The van der Waals surface area contributed by atoms with Crippen molar-refractivity contribution < 1.29 is 4.79 Å². The summed E-state index contributed by atoms with van der Waals surface area (Å²) in [4.78, 5) is 21.0. The van der Waals surface area contributed by atoms with Gasteiger partial charge in [-0.05, 0) is 12.8 Å².